The third-order valence-corrected chi connectivity index (χ3v) is 2.88. The van der Waals surface area contributed by atoms with Gasteiger partial charge >= 0.3 is 0 Å². The molecule has 0 amide bonds. The summed E-state index contributed by atoms with van der Waals surface area (Å²) in [5, 5.41) is 3.36. The van der Waals surface area contributed by atoms with Crippen LogP contribution < -0.4 is 4.83 Å². The van der Waals surface area contributed by atoms with Gasteiger partial charge in [0, 0.05) is 0 Å². The third kappa shape index (κ3) is 3.11. The molecule has 0 saturated heterocycles. The molecule has 0 spiro atoms. The molecule has 1 aromatic carbocycles. The predicted octanol–water partition coefficient (Wildman–Crippen LogP) is 0.892. The lowest BCUT2D eigenvalue weighted by atomic mass is 10.2. The fourth-order valence-corrected chi connectivity index (χ4v) is 1.69. The lowest BCUT2D eigenvalue weighted by Crippen LogP contribution is -2.18. The van der Waals surface area contributed by atoms with E-state index in [9.17, 15) is 8.42 Å². The number of nitrogens with one attached hydrogen (secondary N) is 1. The summed E-state index contributed by atoms with van der Waals surface area (Å²) in [6.45, 7) is 1.88. The number of terminal acetylenes is 1. The van der Waals surface area contributed by atoms with Crippen LogP contribution in [0, 0.1) is 19.3 Å². The van der Waals surface area contributed by atoms with Gasteiger partial charge in [0.25, 0.3) is 10.0 Å². The summed E-state index contributed by atoms with van der Waals surface area (Å²) >= 11 is 0. The van der Waals surface area contributed by atoms with E-state index in [0.717, 1.165) is 11.8 Å². The SMILES string of the molecule is C#[13C]/C=N/NS(=O)(=O)c1ccc(C)cc1. The van der Waals surface area contributed by atoms with Gasteiger partial charge in [0.1, 0.15) is 0 Å². The number of hydrogen-bond donors (Lipinski definition) is 1. The smallest absolute Gasteiger partial charge is 0.200 e. The number of benzene rings is 1. The summed E-state index contributed by atoms with van der Waals surface area (Å²) < 4.78 is 23.0. The third-order valence-electron chi connectivity index (χ3n) is 1.64. The maximum absolute atomic E-state index is 11.5. The highest BCUT2D eigenvalue weighted by atomic mass is 32.2. The van der Waals surface area contributed by atoms with E-state index in [4.69, 9.17) is 6.42 Å². The van der Waals surface area contributed by atoms with Gasteiger partial charge in [0.2, 0.25) is 0 Å². The van der Waals surface area contributed by atoms with Crippen molar-refractivity contribution < 1.29 is 8.42 Å². The first-order valence-electron chi connectivity index (χ1n) is 4.12. The summed E-state index contributed by atoms with van der Waals surface area (Å²) in [5.41, 5.74) is 0.987. The molecule has 1 aromatic rings. The molecule has 5 heteroatoms. The van der Waals surface area contributed by atoms with Crippen molar-refractivity contribution in [3.05, 3.63) is 29.8 Å². The van der Waals surface area contributed by atoms with Crippen molar-refractivity contribution in [2.75, 3.05) is 0 Å². The average molecular weight is 223 g/mol. The monoisotopic (exact) mass is 223 g/mol. The molecule has 0 atom stereocenters. The second-order valence-electron chi connectivity index (χ2n) is 2.83. The minimum atomic E-state index is -3.59. The minimum Gasteiger partial charge on any atom is -0.200 e. The van der Waals surface area contributed by atoms with Gasteiger partial charge in [-0.3, -0.25) is 0 Å². The first-order chi connectivity index (χ1) is 7.06. The second kappa shape index (κ2) is 4.62. The molecule has 0 aliphatic heterocycles. The van der Waals surface area contributed by atoms with E-state index in [1.807, 2.05) is 11.8 Å². The number of rotatable bonds is 3. The molecule has 1 rings (SSSR count). The molecular weight excluding hydrogens is 213 g/mol. The van der Waals surface area contributed by atoms with Crippen molar-refractivity contribution in [3.8, 4) is 12.3 Å². The Morgan fingerprint density at radius 1 is 1.40 bits per heavy atom. The Morgan fingerprint density at radius 2 is 2.00 bits per heavy atom. The quantitative estimate of drug-likeness (QED) is 0.358. The Bertz CT molecular complexity index is 495. The Morgan fingerprint density at radius 3 is 2.53 bits per heavy atom. The number of hydrogen-bond acceptors (Lipinski definition) is 3. The lowest BCUT2D eigenvalue weighted by molar-refractivity contribution is 0.584. The molecule has 15 heavy (non-hydrogen) atoms. The summed E-state index contributed by atoms with van der Waals surface area (Å²) in [5.74, 6) is 2.08. The first kappa shape index (κ1) is 11.3. The summed E-state index contributed by atoms with van der Waals surface area (Å²) in [7, 11) is -3.59. The molecule has 0 aromatic heterocycles. The molecular formula is C10H10N2O2S. The van der Waals surface area contributed by atoms with Crippen LogP contribution in [0.15, 0.2) is 34.3 Å². The molecule has 78 valence electrons. The molecule has 1 N–H and O–H groups in total. The first-order valence-corrected chi connectivity index (χ1v) is 5.61. The molecule has 0 saturated carbocycles. The van der Waals surface area contributed by atoms with E-state index in [-0.39, 0.29) is 4.90 Å². The zero-order valence-corrected chi connectivity index (χ0v) is 8.95. The lowest BCUT2D eigenvalue weighted by Gasteiger charge is -2.02. The van der Waals surface area contributed by atoms with Gasteiger partial charge in [-0.25, -0.2) is 0 Å². The number of hydrazone groups is 1. The van der Waals surface area contributed by atoms with E-state index in [1.54, 1.807) is 12.1 Å². The predicted molar refractivity (Wildman–Crippen MR) is 58.8 cm³/mol. The molecule has 0 aliphatic carbocycles. The van der Waals surface area contributed by atoms with Crippen LogP contribution in [0.5, 0.6) is 0 Å². The maximum Gasteiger partial charge on any atom is 0.276 e. The molecule has 0 unspecified atom stereocenters. The molecule has 0 bridgehead atoms. The normalized spacial score (nSPS) is 11.2. The van der Waals surface area contributed by atoms with Crippen LogP contribution in [0.2, 0.25) is 0 Å². The van der Waals surface area contributed by atoms with Crippen LogP contribution in [0.25, 0.3) is 0 Å². The van der Waals surface area contributed by atoms with Crippen LogP contribution in [-0.4, -0.2) is 14.6 Å². The molecule has 4 nitrogen and oxygen atoms in total. The average Bonchev–Trinajstić information content (AvgIpc) is 2.18. The van der Waals surface area contributed by atoms with Gasteiger partial charge in [-0.15, -0.1) is 6.42 Å². The van der Waals surface area contributed by atoms with E-state index in [2.05, 4.69) is 11.0 Å². The number of sulfonamides is 1. The Labute approximate surface area is 89.1 Å². The van der Waals surface area contributed by atoms with Crippen LogP contribution >= 0.6 is 0 Å². The van der Waals surface area contributed by atoms with Gasteiger partial charge in [-0.1, -0.05) is 23.6 Å². The minimum absolute atomic E-state index is 0.155. The number of aryl methyl sites for hydroxylation is 1. The molecule has 0 aliphatic rings. The second-order valence-corrected chi connectivity index (χ2v) is 4.49. The van der Waals surface area contributed by atoms with E-state index in [0.29, 0.717) is 0 Å². The summed E-state index contributed by atoms with van der Waals surface area (Å²) in [6, 6.07) is 6.42. The van der Waals surface area contributed by atoms with E-state index in [1.165, 1.54) is 12.1 Å². The van der Waals surface area contributed by atoms with Crippen LogP contribution in [0.1, 0.15) is 5.56 Å². The zero-order chi connectivity index (χ0) is 11.3. The summed E-state index contributed by atoms with van der Waals surface area (Å²) in [6.07, 6.45) is 5.92. The summed E-state index contributed by atoms with van der Waals surface area (Å²) in [4.78, 5) is 2.15. The Hall–Kier alpha value is -1.80. The largest absolute Gasteiger partial charge is 0.276 e. The molecule has 0 radical (unpaired) electrons. The van der Waals surface area contributed by atoms with Gasteiger partial charge in [-0.05, 0) is 19.1 Å². The molecule has 0 heterocycles. The fraction of sp³-hybridized carbons (Fsp3) is 0.100. The van der Waals surface area contributed by atoms with Crippen molar-refractivity contribution in [3.63, 3.8) is 0 Å². The zero-order valence-electron chi connectivity index (χ0n) is 8.14. The van der Waals surface area contributed by atoms with Gasteiger partial charge in [0.05, 0.1) is 11.1 Å². The van der Waals surface area contributed by atoms with Crippen molar-refractivity contribution in [2.45, 2.75) is 11.8 Å². The molecule has 0 fully saturated rings. The highest BCUT2D eigenvalue weighted by Gasteiger charge is 2.11. The van der Waals surface area contributed by atoms with Crippen molar-refractivity contribution >= 4 is 16.2 Å². The number of nitrogens with zero attached hydrogens (tertiary/aromatic N) is 1. The maximum atomic E-state index is 11.5. The fourth-order valence-electron chi connectivity index (χ4n) is 0.903. The van der Waals surface area contributed by atoms with E-state index < -0.39 is 10.0 Å². The Balaban J connectivity index is 2.93. The van der Waals surface area contributed by atoms with E-state index >= 15 is 0 Å². The van der Waals surface area contributed by atoms with Crippen molar-refractivity contribution in [1.29, 1.82) is 0 Å². The van der Waals surface area contributed by atoms with Crippen LogP contribution in [-0.2, 0) is 10.0 Å². The van der Waals surface area contributed by atoms with Gasteiger partial charge in [-0.2, -0.15) is 18.4 Å². The van der Waals surface area contributed by atoms with Crippen LogP contribution in [0.3, 0.4) is 0 Å². The topological polar surface area (TPSA) is 58.5 Å². The highest BCUT2D eigenvalue weighted by molar-refractivity contribution is 7.89. The van der Waals surface area contributed by atoms with Crippen LogP contribution in [0.4, 0.5) is 0 Å². The van der Waals surface area contributed by atoms with Crippen molar-refractivity contribution in [2.24, 2.45) is 5.10 Å². The van der Waals surface area contributed by atoms with Crippen molar-refractivity contribution in [1.82, 2.24) is 4.83 Å². The standard InChI is InChI=1S/C10H10N2O2S/c1-3-8-11-12-15(13,14)10-6-4-9(2)5-7-10/h1,4-8,12H,2H3/b11-8+/i3+1. The van der Waals surface area contributed by atoms with Gasteiger partial charge < -0.3 is 0 Å². The van der Waals surface area contributed by atoms with Gasteiger partial charge in [0.15, 0.2) is 0 Å². The Kier molecular flexibility index (Phi) is 3.47. The highest BCUT2D eigenvalue weighted by Crippen LogP contribution is 2.09.